The molecule has 0 aromatic carbocycles. The Hall–Kier alpha value is -1.36. The number of hydrogen-bond donors (Lipinski definition) is 2. The van der Waals surface area contributed by atoms with Crippen molar-refractivity contribution in [1.82, 2.24) is 15.1 Å². The monoisotopic (exact) mass is 208 g/mol. The van der Waals surface area contributed by atoms with E-state index in [2.05, 4.69) is 10.4 Å². The molecule has 82 valence electrons. The molecule has 3 N–H and O–H groups in total. The van der Waals surface area contributed by atoms with Crippen LogP contribution in [0.3, 0.4) is 0 Å². The Bertz CT molecular complexity index is 365. The van der Waals surface area contributed by atoms with Gasteiger partial charge in [-0.15, -0.1) is 0 Å². The number of primary amides is 1. The van der Waals surface area contributed by atoms with E-state index in [-0.39, 0.29) is 5.91 Å². The summed E-state index contributed by atoms with van der Waals surface area (Å²) in [7, 11) is 1.81. The van der Waals surface area contributed by atoms with E-state index in [1.807, 2.05) is 7.05 Å². The standard InChI is InChI=1S/C10H16N4O/c1-14-6-8(10(11)15)9(13-14)7-3-2-4-12-5-7/h6-7,12H,2-5H2,1H3,(H2,11,15)/t7-/m0/s1. The Balaban J connectivity index is 2.28. The molecule has 1 atom stereocenters. The van der Waals surface area contributed by atoms with Gasteiger partial charge >= 0.3 is 0 Å². The maximum atomic E-state index is 11.2. The summed E-state index contributed by atoms with van der Waals surface area (Å²) in [6.45, 7) is 1.94. The third-order valence-electron chi connectivity index (χ3n) is 2.81. The van der Waals surface area contributed by atoms with Gasteiger partial charge in [-0.25, -0.2) is 0 Å². The van der Waals surface area contributed by atoms with E-state index in [0.29, 0.717) is 11.5 Å². The summed E-state index contributed by atoms with van der Waals surface area (Å²) >= 11 is 0. The Morgan fingerprint density at radius 1 is 1.73 bits per heavy atom. The molecule has 0 bridgehead atoms. The Kier molecular flexibility index (Phi) is 2.73. The molecular weight excluding hydrogens is 192 g/mol. The van der Waals surface area contributed by atoms with E-state index in [1.165, 1.54) is 0 Å². The number of nitrogens with one attached hydrogen (secondary N) is 1. The maximum Gasteiger partial charge on any atom is 0.252 e. The first kappa shape index (κ1) is 10.2. The number of aryl methyl sites for hydroxylation is 1. The number of carbonyl (C=O) groups is 1. The zero-order chi connectivity index (χ0) is 10.8. The zero-order valence-corrected chi connectivity index (χ0v) is 8.86. The molecule has 0 unspecified atom stereocenters. The summed E-state index contributed by atoms with van der Waals surface area (Å²) < 4.78 is 1.66. The fraction of sp³-hybridized carbons (Fsp3) is 0.600. The van der Waals surface area contributed by atoms with E-state index in [4.69, 9.17) is 5.73 Å². The topological polar surface area (TPSA) is 72.9 Å². The van der Waals surface area contributed by atoms with E-state index < -0.39 is 0 Å². The van der Waals surface area contributed by atoms with Crippen molar-refractivity contribution >= 4 is 5.91 Å². The molecule has 0 radical (unpaired) electrons. The lowest BCUT2D eigenvalue weighted by atomic mass is 9.94. The highest BCUT2D eigenvalue weighted by Gasteiger charge is 2.23. The number of nitrogens with zero attached hydrogens (tertiary/aromatic N) is 2. The number of rotatable bonds is 2. The molecule has 2 rings (SSSR count). The molecule has 1 aliphatic heterocycles. The SMILES string of the molecule is Cn1cc(C(N)=O)c([C@H]2CCCNC2)n1. The maximum absolute atomic E-state index is 11.2. The minimum atomic E-state index is -0.385. The van der Waals surface area contributed by atoms with Gasteiger partial charge in [0, 0.05) is 25.7 Å². The van der Waals surface area contributed by atoms with E-state index in [0.717, 1.165) is 31.6 Å². The van der Waals surface area contributed by atoms with Crippen molar-refractivity contribution in [2.24, 2.45) is 12.8 Å². The molecule has 1 amide bonds. The van der Waals surface area contributed by atoms with Gasteiger partial charge < -0.3 is 11.1 Å². The summed E-state index contributed by atoms with van der Waals surface area (Å²) in [6.07, 6.45) is 3.90. The van der Waals surface area contributed by atoms with Crippen LogP contribution >= 0.6 is 0 Å². The quantitative estimate of drug-likeness (QED) is 0.717. The van der Waals surface area contributed by atoms with E-state index >= 15 is 0 Å². The predicted molar refractivity (Wildman–Crippen MR) is 56.6 cm³/mol. The van der Waals surface area contributed by atoms with Crippen molar-refractivity contribution < 1.29 is 4.79 Å². The van der Waals surface area contributed by atoms with Gasteiger partial charge in [0.15, 0.2) is 0 Å². The second kappa shape index (κ2) is 4.02. The molecule has 0 spiro atoms. The van der Waals surface area contributed by atoms with Crippen molar-refractivity contribution in [2.75, 3.05) is 13.1 Å². The highest BCUT2D eigenvalue weighted by atomic mass is 16.1. The lowest BCUT2D eigenvalue weighted by molar-refractivity contribution is 0.0998. The average molecular weight is 208 g/mol. The van der Waals surface area contributed by atoms with Gasteiger partial charge in [0.05, 0.1) is 11.3 Å². The van der Waals surface area contributed by atoms with Gasteiger partial charge in [-0.1, -0.05) is 0 Å². The minimum absolute atomic E-state index is 0.322. The van der Waals surface area contributed by atoms with Crippen molar-refractivity contribution in [3.05, 3.63) is 17.5 Å². The first-order chi connectivity index (χ1) is 7.18. The van der Waals surface area contributed by atoms with Crippen LogP contribution in [0.4, 0.5) is 0 Å². The van der Waals surface area contributed by atoms with Gasteiger partial charge in [0.1, 0.15) is 0 Å². The molecule has 1 aromatic rings. The predicted octanol–water partition coefficient (Wildman–Crippen LogP) is -0.0140. The van der Waals surface area contributed by atoms with Crippen LogP contribution in [0.2, 0.25) is 0 Å². The van der Waals surface area contributed by atoms with Crippen LogP contribution in [0.1, 0.15) is 34.8 Å². The molecule has 5 nitrogen and oxygen atoms in total. The molecule has 15 heavy (non-hydrogen) atoms. The van der Waals surface area contributed by atoms with Crippen LogP contribution in [-0.4, -0.2) is 28.8 Å². The largest absolute Gasteiger partial charge is 0.365 e. The second-order valence-corrected chi connectivity index (χ2v) is 4.01. The smallest absolute Gasteiger partial charge is 0.252 e. The molecule has 5 heteroatoms. The molecule has 1 aliphatic rings. The number of piperidine rings is 1. The fourth-order valence-corrected chi connectivity index (χ4v) is 2.08. The Morgan fingerprint density at radius 3 is 3.13 bits per heavy atom. The lowest BCUT2D eigenvalue weighted by Gasteiger charge is -2.21. The fourth-order valence-electron chi connectivity index (χ4n) is 2.08. The Morgan fingerprint density at radius 2 is 2.53 bits per heavy atom. The molecule has 1 aromatic heterocycles. The number of amides is 1. The van der Waals surface area contributed by atoms with Crippen LogP contribution < -0.4 is 11.1 Å². The van der Waals surface area contributed by atoms with Gasteiger partial charge in [-0.3, -0.25) is 9.48 Å². The van der Waals surface area contributed by atoms with Crippen LogP contribution in [-0.2, 0) is 7.05 Å². The summed E-state index contributed by atoms with van der Waals surface area (Å²) in [6, 6.07) is 0. The van der Waals surface area contributed by atoms with Gasteiger partial charge in [-0.05, 0) is 19.4 Å². The van der Waals surface area contributed by atoms with Gasteiger partial charge in [-0.2, -0.15) is 5.10 Å². The van der Waals surface area contributed by atoms with Crippen LogP contribution in [0.5, 0.6) is 0 Å². The molecule has 1 fully saturated rings. The van der Waals surface area contributed by atoms with Crippen LogP contribution in [0.25, 0.3) is 0 Å². The van der Waals surface area contributed by atoms with Crippen molar-refractivity contribution in [3.8, 4) is 0 Å². The highest BCUT2D eigenvalue weighted by Crippen LogP contribution is 2.24. The molecule has 2 heterocycles. The number of aromatic nitrogens is 2. The summed E-state index contributed by atoms with van der Waals surface area (Å²) in [4.78, 5) is 11.2. The summed E-state index contributed by atoms with van der Waals surface area (Å²) in [5, 5.41) is 7.64. The van der Waals surface area contributed by atoms with Crippen molar-refractivity contribution in [3.63, 3.8) is 0 Å². The Labute approximate surface area is 88.6 Å². The molecular formula is C10H16N4O. The number of hydrogen-bond acceptors (Lipinski definition) is 3. The van der Waals surface area contributed by atoms with Crippen LogP contribution in [0.15, 0.2) is 6.20 Å². The zero-order valence-electron chi connectivity index (χ0n) is 8.86. The van der Waals surface area contributed by atoms with Crippen LogP contribution in [0, 0.1) is 0 Å². The first-order valence-electron chi connectivity index (χ1n) is 5.22. The van der Waals surface area contributed by atoms with E-state index in [1.54, 1.807) is 10.9 Å². The van der Waals surface area contributed by atoms with Crippen molar-refractivity contribution in [2.45, 2.75) is 18.8 Å². The first-order valence-corrected chi connectivity index (χ1v) is 5.22. The number of carbonyl (C=O) groups excluding carboxylic acids is 1. The van der Waals surface area contributed by atoms with E-state index in [9.17, 15) is 4.79 Å². The minimum Gasteiger partial charge on any atom is -0.365 e. The average Bonchev–Trinajstić information content (AvgIpc) is 2.62. The number of nitrogens with two attached hydrogens (primary N) is 1. The van der Waals surface area contributed by atoms with Gasteiger partial charge in [0.2, 0.25) is 0 Å². The van der Waals surface area contributed by atoms with Crippen molar-refractivity contribution in [1.29, 1.82) is 0 Å². The summed E-state index contributed by atoms with van der Waals surface area (Å²) in [5.74, 6) is -0.0638. The highest BCUT2D eigenvalue weighted by molar-refractivity contribution is 5.93. The normalized spacial score (nSPS) is 21.5. The van der Waals surface area contributed by atoms with Gasteiger partial charge in [0.25, 0.3) is 5.91 Å². The molecule has 0 aliphatic carbocycles. The molecule has 0 saturated carbocycles. The lowest BCUT2D eigenvalue weighted by Crippen LogP contribution is -2.29. The third-order valence-corrected chi connectivity index (χ3v) is 2.81. The third kappa shape index (κ3) is 2.02. The second-order valence-electron chi connectivity index (χ2n) is 4.01. The summed E-state index contributed by atoms with van der Waals surface area (Å²) in [5.41, 5.74) is 6.73. The molecule has 1 saturated heterocycles.